The Kier molecular flexibility index (Phi) is 7.10. The molecular formula is C19H14BrCl2F3O2S2. The molecule has 2 unspecified atom stereocenters. The monoisotopic (exact) mass is 544 g/mol. The largest absolute Gasteiger partial charge is 0.481 e. The second-order valence-corrected chi connectivity index (χ2v) is 10.6. The minimum Gasteiger partial charge on any atom is -0.481 e. The first-order valence-electron chi connectivity index (χ1n) is 8.33. The fourth-order valence-corrected chi connectivity index (χ4v) is 6.77. The molecule has 29 heavy (non-hydrogen) atoms. The lowest BCUT2D eigenvalue weighted by Gasteiger charge is -2.32. The van der Waals surface area contributed by atoms with E-state index in [1.165, 1.54) is 18.2 Å². The van der Waals surface area contributed by atoms with Crippen LogP contribution in [0.3, 0.4) is 0 Å². The zero-order chi connectivity index (χ0) is 21.4. The molecule has 3 rings (SSSR count). The summed E-state index contributed by atoms with van der Waals surface area (Å²) >= 11 is 17.3. The molecule has 0 saturated carbocycles. The van der Waals surface area contributed by atoms with Crippen LogP contribution in [0.2, 0.25) is 10.0 Å². The highest BCUT2D eigenvalue weighted by molar-refractivity contribution is 9.10. The van der Waals surface area contributed by atoms with Gasteiger partial charge in [0.1, 0.15) is 4.75 Å². The van der Waals surface area contributed by atoms with E-state index in [9.17, 15) is 18.0 Å². The lowest BCUT2D eigenvalue weighted by Crippen LogP contribution is -2.37. The Bertz CT molecular complexity index is 922. The van der Waals surface area contributed by atoms with Gasteiger partial charge >= 0.3 is 12.1 Å². The van der Waals surface area contributed by atoms with Gasteiger partial charge in [-0.25, -0.2) is 0 Å². The van der Waals surface area contributed by atoms with Crippen molar-refractivity contribution >= 4 is 68.6 Å². The Labute approximate surface area is 192 Å². The van der Waals surface area contributed by atoms with E-state index in [1.807, 2.05) is 0 Å². The van der Waals surface area contributed by atoms with Crippen LogP contribution in [0.1, 0.15) is 23.5 Å². The SMILES string of the molecule is O=C(O)CSc1ccc(C2CSC(c3cc(Cl)cc(Cl)c3)(C(F)(F)F)C2)cc1Br. The maximum Gasteiger partial charge on any atom is 0.407 e. The highest BCUT2D eigenvalue weighted by atomic mass is 79.9. The summed E-state index contributed by atoms with van der Waals surface area (Å²) < 4.78 is 41.2. The van der Waals surface area contributed by atoms with Crippen LogP contribution in [0, 0.1) is 0 Å². The predicted octanol–water partition coefficient (Wildman–Crippen LogP) is 7.61. The van der Waals surface area contributed by atoms with Gasteiger partial charge in [0.05, 0.1) is 5.75 Å². The van der Waals surface area contributed by atoms with E-state index >= 15 is 0 Å². The average Bonchev–Trinajstić information content (AvgIpc) is 3.06. The summed E-state index contributed by atoms with van der Waals surface area (Å²) in [7, 11) is 0. The van der Waals surface area contributed by atoms with Gasteiger partial charge in [-0.05, 0) is 69.7 Å². The second kappa shape index (κ2) is 8.91. The second-order valence-electron chi connectivity index (χ2n) is 6.57. The van der Waals surface area contributed by atoms with Crippen molar-refractivity contribution in [2.24, 2.45) is 0 Å². The summed E-state index contributed by atoms with van der Waals surface area (Å²) in [6.45, 7) is 0. The Morgan fingerprint density at radius 3 is 2.45 bits per heavy atom. The third-order valence-electron chi connectivity index (χ3n) is 4.63. The summed E-state index contributed by atoms with van der Waals surface area (Å²) in [5.41, 5.74) is 0.825. The molecule has 10 heteroatoms. The number of thioether (sulfide) groups is 2. The molecule has 0 bridgehead atoms. The molecule has 0 radical (unpaired) electrons. The minimum absolute atomic E-state index is 0.0581. The fourth-order valence-electron chi connectivity index (χ4n) is 3.30. The molecule has 0 aliphatic carbocycles. The molecule has 1 saturated heterocycles. The van der Waals surface area contributed by atoms with Crippen molar-refractivity contribution in [2.45, 2.75) is 28.2 Å². The Hall–Kier alpha value is -0.540. The summed E-state index contributed by atoms with van der Waals surface area (Å²) in [4.78, 5) is 11.5. The lowest BCUT2D eigenvalue weighted by molar-refractivity contribution is -0.163. The molecule has 2 aromatic carbocycles. The lowest BCUT2D eigenvalue weighted by atomic mass is 9.85. The first-order valence-corrected chi connectivity index (χ1v) is 11.8. The van der Waals surface area contributed by atoms with Crippen LogP contribution < -0.4 is 0 Å². The number of benzene rings is 2. The van der Waals surface area contributed by atoms with Crippen molar-refractivity contribution < 1.29 is 23.1 Å². The van der Waals surface area contributed by atoms with Crippen LogP contribution in [-0.4, -0.2) is 28.8 Å². The third kappa shape index (κ3) is 5.03. The molecule has 1 aliphatic rings. The van der Waals surface area contributed by atoms with E-state index in [1.54, 1.807) is 18.2 Å². The van der Waals surface area contributed by atoms with E-state index in [-0.39, 0.29) is 39.5 Å². The Morgan fingerprint density at radius 1 is 1.24 bits per heavy atom. The molecule has 156 valence electrons. The standard InChI is InChI=1S/C19H14BrCl2F3O2S2/c20-15-3-10(1-2-16(15)28-9-17(26)27)11-7-18(29-8-11,19(23,24)25)12-4-13(21)6-14(22)5-12/h1-6,11H,7-9H2,(H,26,27). The molecular weight excluding hydrogens is 532 g/mol. The van der Waals surface area contributed by atoms with Gasteiger partial charge in [0.25, 0.3) is 0 Å². The first kappa shape index (κ1) is 23.1. The van der Waals surface area contributed by atoms with Gasteiger partial charge < -0.3 is 5.11 Å². The number of halogens is 6. The zero-order valence-corrected chi connectivity index (χ0v) is 19.3. The van der Waals surface area contributed by atoms with Gasteiger partial charge in [-0.1, -0.05) is 29.3 Å². The molecule has 2 aromatic rings. The molecule has 0 spiro atoms. The molecule has 2 atom stereocenters. The van der Waals surface area contributed by atoms with Crippen LogP contribution in [0.25, 0.3) is 0 Å². The van der Waals surface area contributed by atoms with Gasteiger partial charge in [-0.15, -0.1) is 23.5 Å². The van der Waals surface area contributed by atoms with Crippen molar-refractivity contribution in [3.05, 3.63) is 62.0 Å². The maximum atomic E-state index is 14.2. The predicted molar refractivity (Wildman–Crippen MR) is 117 cm³/mol. The summed E-state index contributed by atoms with van der Waals surface area (Å²) in [6.07, 6.45) is -4.61. The molecule has 1 aliphatic heterocycles. The van der Waals surface area contributed by atoms with Crippen molar-refractivity contribution in [3.63, 3.8) is 0 Å². The Balaban J connectivity index is 1.91. The number of aliphatic carboxylic acids is 1. The summed E-state index contributed by atoms with van der Waals surface area (Å²) in [5, 5.41) is 9.15. The number of carboxylic acids is 1. The highest BCUT2D eigenvalue weighted by Gasteiger charge is 2.60. The summed E-state index contributed by atoms with van der Waals surface area (Å²) in [6, 6.07) is 9.35. The van der Waals surface area contributed by atoms with Crippen LogP contribution in [0.5, 0.6) is 0 Å². The fraction of sp³-hybridized carbons (Fsp3) is 0.316. The quantitative estimate of drug-likeness (QED) is 0.392. The van der Waals surface area contributed by atoms with E-state index in [0.29, 0.717) is 4.47 Å². The van der Waals surface area contributed by atoms with E-state index in [2.05, 4.69) is 15.9 Å². The normalized spacial score (nSPS) is 22.1. The van der Waals surface area contributed by atoms with Crippen molar-refractivity contribution in [2.75, 3.05) is 11.5 Å². The average molecular weight is 546 g/mol. The van der Waals surface area contributed by atoms with Gasteiger partial charge in [0, 0.05) is 25.2 Å². The number of carbonyl (C=O) groups is 1. The number of hydrogen-bond acceptors (Lipinski definition) is 3. The van der Waals surface area contributed by atoms with Crippen molar-refractivity contribution in [1.29, 1.82) is 0 Å². The highest BCUT2D eigenvalue weighted by Crippen LogP contribution is 2.61. The van der Waals surface area contributed by atoms with Crippen LogP contribution in [0.4, 0.5) is 13.2 Å². The molecule has 0 amide bonds. The number of hydrogen-bond donors (Lipinski definition) is 1. The molecule has 1 fully saturated rings. The van der Waals surface area contributed by atoms with Crippen molar-refractivity contribution in [1.82, 2.24) is 0 Å². The number of rotatable bonds is 5. The molecule has 0 aromatic heterocycles. The smallest absolute Gasteiger partial charge is 0.407 e. The molecule has 1 N–H and O–H groups in total. The van der Waals surface area contributed by atoms with Gasteiger partial charge in [-0.2, -0.15) is 13.2 Å². The number of alkyl halides is 3. The minimum atomic E-state index is -4.48. The van der Waals surface area contributed by atoms with Gasteiger partial charge in [0.2, 0.25) is 0 Å². The third-order valence-corrected chi connectivity index (χ3v) is 8.74. The maximum absolute atomic E-state index is 14.2. The Morgan fingerprint density at radius 2 is 1.90 bits per heavy atom. The van der Waals surface area contributed by atoms with Gasteiger partial charge in [0.15, 0.2) is 0 Å². The van der Waals surface area contributed by atoms with E-state index in [4.69, 9.17) is 28.3 Å². The van der Waals surface area contributed by atoms with Crippen LogP contribution >= 0.6 is 62.7 Å². The first-order chi connectivity index (χ1) is 13.5. The zero-order valence-electron chi connectivity index (χ0n) is 14.6. The van der Waals surface area contributed by atoms with E-state index < -0.39 is 16.9 Å². The number of carboxylic acid groups (broad SMARTS) is 1. The van der Waals surface area contributed by atoms with E-state index in [0.717, 1.165) is 34.0 Å². The van der Waals surface area contributed by atoms with Crippen LogP contribution in [-0.2, 0) is 9.54 Å². The van der Waals surface area contributed by atoms with Gasteiger partial charge in [-0.3, -0.25) is 4.79 Å². The molecule has 1 heterocycles. The van der Waals surface area contributed by atoms with Crippen molar-refractivity contribution in [3.8, 4) is 0 Å². The summed E-state index contributed by atoms with van der Waals surface area (Å²) in [5.74, 6) is -1.07. The van der Waals surface area contributed by atoms with Crippen LogP contribution in [0.15, 0.2) is 45.8 Å². The topological polar surface area (TPSA) is 37.3 Å². The molecule has 2 nitrogen and oxygen atoms in total.